The molecule has 3 aromatic carbocycles. The van der Waals surface area contributed by atoms with Gasteiger partial charge in [0.15, 0.2) is 0 Å². The molecule has 0 radical (unpaired) electrons. The number of carbonyl (C=O) groups is 1. The van der Waals surface area contributed by atoms with Crippen molar-refractivity contribution in [2.24, 2.45) is 0 Å². The summed E-state index contributed by atoms with van der Waals surface area (Å²) >= 11 is 7.08. The fourth-order valence-corrected chi connectivity index (χ4v) is 3.70. The van der Waals surface area contributed by atoms with Crippen molar-refractivity contribution in [1.82, 2.24) is 9.97 Å². The molecule has 28 heavy (non-hydrogen) atoms. The van der Waals surface area contributed by atoms with Crippen molar-refractivity contribution in [2.75, 3.05) is 0 Å². The number of nitrogens with zero attached hydrogens (tertiary/aromatic N) is 1. The number of aromatic amines is 1. The number of aromatic carboxylic acids is 1. The number of imidazole rings is 1. The van der Waals surface area contributed by atoms with Crippen LogP contribution in [-0.2, 0) is 0 Å². The van der Waals surface area contributed by atoms with Gasteiger partial charge in [-0.3, -0.25) is 0 Å². The van der Waals surface area contributed by atoms with Crippen molar-refractivity contribution in [3.05, 3.63) is 87.3 Å². The minimum Gasteiger partial charge on any atom is -0.545 e. The third-order valence-electron chi connectivity index (χ3n) is 4.36. The Labute approximate surface area is 178 Å². The zero-order chi connectivity index (χ0) is 19.7. The molecule has 4 rings (SSSR count). The Morgan fingerprint density at radius 3 is 2.14 bits per heavy atom. The zero-order valence-electron chi connectivity index (χ0n) is 14.4. The van der Waals surface area contributed by atoms with Gasteiger partial charge >= 0.3 is 0 Å². The van der Waals surface area contributed by atoms with Crippen LogP contribution in [0, 0.1) is 0 Å². The molecule has 0 bridgehead atoms. The highest BCUT2D eigenvalue weighted by Crippen LogP contribution is 2.36. The van der Waals surface area contributed by atoms with Crippen molar-refractivity contribution >= 4 is 37.8 Å². The summed E-state index contributed by atoms with van der Waals surface area (Å²) in [4.78, 5) is 19.2. The number of H-pyrrole nitrogens is 1. The van der Waals surface area contributed by atoms with Gasteiger partial charge in [-0.15, -0.1) is 0 Å². The Balaban J connectivity index is 1.88. The van der Waals surface area contributed by atoms with Crippen LogP contribution in [0.2, 0.25) is 0 Å². The van der Waals surface area contributed by atoms with Crippen LogP contribution in [0.3, 0.4) is 0 Å². The Kier molecular flexibility index (Phi) is 5.15. The topological polar surface area (TPSA) is 68.8 Å². The van der Waals surface area contributed by atoms with Gasteiger partial charge in [0, 0.05) is 25.6 Å². The first kappa shape index (κ1) is 18.7. The van der Waals surface area contributed by atoms with Gasteiger partial charge in [-0.05, 0) is 23.8 Å². The van der Waals surface area contributed by atoms with Crippen LogP contribution in [-0.4, -0.2) is 15.9 Å². The van der Waals surface area contributed by atoms with E-state index < -0.39 is 5.97 Å². The highest BCUT2D eigenvalue weighted by atomic mass is 79.9. The van der Waals surface area contributed by atoms with E-state index in [1.807, 2.05) is 48.5 Å². The maximum atomic E-state index is 11.0. The van der Waals surface area contributed by atoms with Crippen LogP contribution in [0.1, 0.15) is 10.4 Å². The number of halogens is 2. The molecular weight excluding hydrogens is 484 g/mol. The molecule has 0 atom stereocenters. The summed E-state index contributed by atoms with van der Waals surface area (Å²) in [5, 5.41) is 11.0. The van der Waals surface area contributed by atoms with Gasteiger partial charge in [0.05, 0.1) is 17.4 Å². The molecule has 1 N–H and O–H groups in total. The quantitative estimate of drug-likeness (QED) is 0.416. The largest absolute Gasteiger partial charge is 0.545 e. The molecule has 0 amide bonds. The van der Waals surface area contributed by atoms with Gasteiger partial charge in [-0.25, -0.2) is 4.98 Å². The summed E-state index contributed by atoms with van der Waals surface area (Å²) < 4.78 is 1.95. The van der Waals surface area contributed by atoms with E-state index in [0.717, 1.165) is 37.0 Å². The number of benzene rings is 3. The van der Waals surface area contributed by atoms with Gasteiger partial charge in [-0.2, -0.15) is 0 Å². The third kappa shape index (κ3) is 3.66. The number of nitrogens with one attached hydrogen (secondary N) is 1. The Morgan fingerprint density at radius 2 is 1.50 bits per heavy atom. The second-order valence-electron chi connectivity index (χ2n) is 6.16. The molecule has 6 heteroatoms. The molecule has 0 aliphatic heterocycles. The van der Waals surface area contributed by atoms with Crippen LogP contribution < -0.4 is 5.11 Å². The average Bonchev–Trinajstić information content (AvgIpc) is 3.14. The zero-order valence-corrected chi connectivity index (χ0v) is 17.6. The van der Waals surface area contributed by atoms with Crippen LogP contribution >= 0.6 is 31.9 Å². The van der Waals surface area contributed by atoms with E-state index in [1.54, 1.807) is 12.1 Å². The molecular formula is C22H13Br2N2O2-. The van der Waals surface area contributed by atoms with E-state index in [0.29, 0.717) is 5.82 Å². The molecule has 4 nitrogen and oxygen atoms in total. The van der Waals surface area contributed by atoms with Crippen molar-refractivity contribution in [1.29, 1.82) is 0 Å². The van der Waals surface area contributed by atoms with E-state index in [4.69, 9.17) is 4.98 Å². The summed E-state index contributed by atoms with van der Waals surface area (Å²) in [5.41, 5.74) is 4.59. The first-order valence-electron chi connectivity index (χ1n) is 8.45. The summed E-state index contributed by atoms with van der Waals surface area (Å²) in [7, 11) is 0. The van der Waals surface area contributed by atoms with Crippen molar-refractivity contribution in [2.45, 2.75) is 0 Å². The Hall–Kier alpha value is -2.70. The normalized spacial score (nSPS) is 10.8. The van der Waals surface area contributed by atoms with Gasteiger partial charge in [0.2, 0.25) is 0 Å². The molecule has 0 aliphatic carbocycles. The maximum absolute atomic E-state index is 11.0. The summed E-state index contributed by atoms with van der Waals surface area (Å²) in [6, 6.07) is 22.4. The minimum atomic E-state index is -1.20. The van der Waals surface area contributed by atoms with Crippen molar-refractivity contribution in [3.8, 4) is 33.9 Å². The lowest BCUT2D eigenvalue weighted by atomic mass is 10.1. The maximum Gasteiger partial charge on any atom is 0.138 e. The highest BCUT2D eigenvalue weighted by molar-refractivity contribution is 9.10. The van der Waals surface area contributed by atoms with Crippen molar-refractivity contribution < 1.29 is 9.90 Å². The van der Waals surface area contributed by atoms with Gasteiger partial charge in [0.1, 0.15) is 5.82 Å². The Bertz CT molecular complexity index is 1150. The summed E-state index contributed by atoms with van der Waals surface area (Å²) in [6.45, 7) is 0. The average molecular weight is 497 g/mol. The van der Waals surface area contributed by atoms with Gasteiger partial charge < -0.3 is 14.9 Å². The smallest absolute Gasteiger partial charge is 0.138 e. The molecule has 0 saturated carbocycles. The molecule has 4 aromatic rings. The predicted octanol–water partition coefficient (Wildman–Crippen LogP) is 5.30. The van der Waals surface area contributed by atoms with Crippen LogP contribution in [0.15, 0.2) is 81.7 Å². The number of carboxylic acid groups (broad SMARTS) is 1. The van der Waals surface area contributed by atoms with E-state index in [1.165, 1.54) is 12.1 Å². The number of aromatic nitrogens is 2. The summed E-state index contributed by atoms with van der Waals surface area (Å²) in [6.07, 6.45) is 0. The molecule has 0 unspecified atom stereocenters. The lowest BCUT2D eigenvalue weighted by Gasteiger charge is -2.05. The standard InChI is InChI=1S/C22H14Br2N2O2/c23-16-11-9-13(10-12-16)19-20(17-3-1-2-4-18(17)24)26-21(25-19)14-5-7-15(8-6-14)22(27)28/h1-12H,(H,25,26)(H,27,28)/p-1. The second kappa shape index (κ2) is 7.73. The fourth-order valence-electron chi connectivity index (χ4n) is 2.95. The lowest BCUT2D eigenvalue weighted by Crippen LogP contribution is -2.21. The molecule has 138 valence electrons. The third-order valence-corrected chi connectivity index (χ3v) is 5.58. The minimum absolute atomic E-state index is 0.134. The molecule has 1 aromatic heterocycles. The number of carboxylic acids is 1. The number of hydrogen-bond acceptors (Lipinski definition) is 3. The first-order chi connectivity index (χ1) is 13.5. The van der Waals surface area contributed by atoms with Gasteiger partial charge in [0.25, 0.3) is 0 Å². The van der Waals surface area contributed by atoms with E-state index >= 15 is 0 Å². The fraction of sp³-hybridized carbons (Fsp3) is 0. The van der Waals surface area contributed by atoms with Crippen LogP contribution in [0.25, 0.3) is 33.9 Å². The second-order valence-corrected chi connectivity index (χ2v) is 7.93. The molecule has 0 fully saturated rings. The SMILES string of the molecule is O=C([O-])c1ccc(-c2nc(-c3ccc(Br)cc3)c(-c3ccccc3Br)[nH]2)cc1. The molecule has 1 heterocycles. The van der Waals surface area contributed by atoms with E-state index in [-0.39, 0.29) is 5.56 Å². The van der Waals surface area contributed by atoms with Crippen molar-refractivity contribution in [3.63, 3.8) is 0 Å². The van der Waals surface area contributed by atoms with E-state index in [9.17, 15) is 9.90 Å². The first-order valence-corrected chi connectivity index (χ1v) is 10.0. The monoisotopic (exact) mass is 495 g/mol. The molecule has 0 aliphatic rings. The number of hydrogen-bond donors (Lipinski definition) is 1. The Morgan fingerprint density at radius 1 is 0.857 bits per heavy atom. The molecule has 0 saturated heterocycles. The van der Waals surface area contributed by atoms with Gasteiger partial charge in [-0.1, -0.05) is 86.5 Å². The number of carbonyl (C=O) groups excluding carboxylic acids is 1. The summed E-state index contributed by atoms with van der Waals surface area (Å²) in [5.74, 6) is -0.538. The molecule has 0 spiro atoms. The van der Waals surface area contributed by atoms with Crippen LogP contribution in [0.5, 0.6) is 0 Å². The number of rotatable bonds is 4. The predicted molar refractivity (Wildman–Crippen MR) is 115 cm³/mol. The van der Waals surface area contributed by atoms with Crippen LogP contribution in [0.4, 0.5) is 0 Å². The van der Waals surface area contributed by atoms with E-state index in [2.05, 4.69) is 36.8 Å². The lowest BCUT2D eigenvalue weighted by molar-refractivity contribution is -0.255. The highest BCUT2D eigenvalue weighted by Gasteiger charge is 2.17.